The van der Waals surface area contributed by atoms with Gasteiger partial charge in [0.25, 0.3) is 0 Å². The minimum atomic E-state index is -0.932. The maximum atomic E-state index is 13.8. The van der Waals surface area contributed by atoms with E-state index in [4.69, 9.17) is 4.74 Å². The van der Waals surface area contributed by atoms with E-state index in [1.807, 2.05) is 44.2 Å². The molecule has 2 saturated heterocycles. The van der Waals surface area contributed by atoms with Crippen molar-refractivity contribution in [2.75, 3.05) is 19.4 Å². The molecule has 0 spiro atoms. The fourth-order valence-corrected chi connectivity index (χ4v) is 7.64. The Morgan fingerprint density at radius 2 is 1.71 bits per heavy atom. The van der Waals surface area contributed by atoms with Gasteiger partial charge in [0.15, 0.2) is 0 Å². The second-order valence-electron chi connectivity index (χ2n) is 11.7. The van der Waals surface area contributed by atoms with Gasteiger partial charge in [0.2, 0.25) is 23.6 Å². The van der Waals surface area contributed by atoms with E-state index in [-0.39, 0.29) is 24.2 Å². The van der Waals surface area contributed by atoms with Crippen molar-refractivity contribution < 1.29 is 23.9 Å². The molecular formula is C33H45N5O5S2. The molecule has 3 heterocycles. The summed E-state index contributed by atoms with van der Waals surface area (Å²) < 4.78 is 5.27. The van der Waals surface area contributed by atoms with Crippen LogP contribution in [0.3, 0.4) is 0 Å². The summed E-state index contributed by atoms with van der Waals surface area (Å²) >= 11 is 0. The van der Waals surface area contributed by atoms with Gasteiger partial charge in [-0.1, -0.05) is 62.1 Å². The van der Waals surface area contributed by atoms with Gasteiger partial charge in [0.1, 0.15) is 34.9 Å². The predicted octanol–water partition coefficient (Wildman–Crippen LogP) is 4.14. The van der Waals surface area contributed by atoms with Crippen LogP contribution < -0.4 is 20.7 Å². The van der Waals surface area contributed by atoms with Crippen molar-refractivity contribution in [3.8, 4) is 5.75 Å². The smallest absolute Gasteiger partial charge is 0.246 e. The molecule has 5 atom stereocenters. The monoisotopic (exact) mass is 655 g/mol. The molecule has 4 rings (SSSR count). The zero-order valence-corrected chi connectivity index (χ0v) is 28.0. The number of unbranched alkanes of at least 4 members (excludes halogenated alkanes) is 2. The molecule has 12 heteroatoms. The number of benzene rings is 1. The largest absolute Gasteiger partial charge is 0.497 e. The lowest BCUT2D eigenvalue weighted by atomic mass is 9.95. The Hall–Kier alpha value is -3.25. The molecule has 2 aliphatic rings. The van der Waals surface area contributed by atoms with Crippen molar-refractivity contribution in [2.45, 2.75) is 94.4 Å². The molecular weight excluding hydrogens is 611 g/mol. The Labute approximate surface area is 274 Å². The summed E-state index contributed by atoms with van der Waals surface area (Å²) in [4.78, 5) is 60.9. The molecule has 0 aliphatic carbocycles. The molecule has 2 aliphatic heterocycles. The lowest BCUT2D eigenvalue weighted by molar-refractivity contribution is -0.144. The van der Waals surface area contributed by atoms with Gasteiger partial charge in [0.05, 0.1) is 7.11 Å². The Balaban J connectivity index is 1.48. The van der Waals surface area contributed by atoms with E-state index in [0.29, 0.717) is 38.0 Å². The summed E-state index contributed by atoms with van der Waals surface area (Å²) in [6, 6.07) is 9.95. The van der Waals surface area contributed by atoms with Crippen molar-refractivity contribution in [1.29, 1.82) is 0 Å². The van der Waals surface area contributed by atoms with Crippen LogP contribution in [-0.2, 0) is 25.6 Å². The SMILES string of the molecule is CCC(C)[C@@H]1NC(=O)C(Cc2ccc(OC)cc2)NC(=O)[C@H](CCCCCSSc2ccccn2)NC(=O)C2CCCN2C1=O. The van der Waals surface area contributed by atoms with E-state index in [9.17, 15) is 19.2 Å². The molecule has 0 saturated carbocycles. The van der Waals surface area contributed by atoms with Crippen molar-refractivity contribution >= 4 is 45.2 Å². The highest BCUT2D eigenvalue weighted by Gasteiger charge is 2.41. The van der Waals surface area contributed by atoms with Gasteiger partial charge in [-0.25, -0.2) is 4.98 Å². The summed E-state index contributed by atoms with van der Waals surface area (Å²) in [6.07, 6.45) is 6.89. The lowest BCUT2D eigenvalue weighted by Crippen LogP contribution is -2.62. The fourth-order valence-electron chi connectivity index (χ4n) is 5.62. The van der Waals surface area contributed by atoms with Gasteiger partial charge in [-0.3, -0.25) is 19.2 Å². The average Bonchev–Trinajstić information content (AvgIpc) is 3.56. The third kappa shape index (κ3) is 9.87. The Morgan fingerprint density at radius 3 is 2.42 bits per heavy atom. The van der Waals surface area contributed by atoms with Gasteiger partial charge in [-0.05, 0) is 72.2 Å². The minimum Gasteiger partial charge on any atom is -0.497 e. The molecule has 0 radical (unpaired) electrons. The number of carbonyl (C=O) groups is 4. The number of amides is 4. The summed E-state index contributed by atoms with van der Waals surface area (Å²) in [5.41, 5.74) is 0.830. The number of nitrogens with one attached hydrogen (secondary N) is 3. The molecule has 1 aromatic carbocycles. The van der Waals surface area contributed by atoms with E-state index in [1.54, 1.807) is 51.9 Å². The van der Waals surface area contributed by atoms with Gasteiger partial charge >= 0.3 is 0 Å². The second-order valence-corrected chi connectivity index (χ2v) is 14.1. The topological polar surface area (TPSA) is 130 Å². The normalized spacial score (nSPS) is 23.2. The van der Waals surface area contributed by atoms with Crippen LogP contribution in [0.2, 0.25) is 0 Å². The summed E-state index contributed by atoms with van der Waals surface area (Å²) in [6.45, 7) is 4.33. The number of hydrogen-bond acceptors (Lipinski definition) is 8. The zero-order valence-electron chi connectivity index (χ0n) is 26.3. The quantitative estimate of drug-likeness (QED) is 0.217. The van der Waals surface area contributed by atoms with Crippen LogP contribution in [0.1, 0.15) is 64.4 Å². The maximum absolute atomic E-state index is 13.8. The van der Waals surface area contributed by atoms with Gasteiger partial charge in [-0.15, -0.1) is 0 Å². The highest BCUT2D eigenvalue weighted by molar-refractivity contribution is 8.76. The number of carbonyl (C=O) groups excluding carboxylic acids is 4. The fraction of sp³-hybridized carbons (Fsp3) is 0.545. The van der Waals surface area contributed by atoms with Crippen molar-refractivity contribution in [3.63, 3.8) is 0 Å². The van der Waals surface area contributed by atoms with Crippen LogP contribution in [0, 0.1) is 5.92 Å². The van der Waals surface area contributed by atoms with Crippen LogP contribution in [0.4, 0.5) is 0 Å². The van der Waals surface area contributed by atoms with Crippen LogP contribution in [0.15, 0.2) is 53.7 Å². The number of pyridine rings is 1. The van der Waals surface area contributed by atoms with Crippen LogP contribution in [-0.4, -0.2) is 77.1 Å². The molecule has 2 aromatic rings. The highest BCUT2D eigenvalue weighted by atomic mass is 33.1. The van der Waals surface area contributed by atoms with E-state index < -0.39 is 36.0 Å². The number of aromatic nitrogens is 1. The minimum absolute atomic E-state index is 0.153. The van der Waals surface area contributed by atoms with E-state index >= 15 is 0 Å². The molecule has 3 N–H and O–H groups in total. The van der Waals surface area contributed by atoms with Gasteiger partial charge in [0, 0.05) is 24.9 Å². The first kappa shape index (κ1) is 34.6. The molecule has 3 unspecified atom stereocenters. The lowest BCUT2D eigenvalue weighted by Gasteiger charge is -2.34. The molecule has 4 amide bonds. The molecule has 2 fully saturated rings. The number of ether oxygens (including phenoxy) is 1. The van der Waals surface area contributed by atoms with Crippen LogP contribution >= 0.6 is 21.6 Å². The summed E-state index contributed by atoms with van der Waals surface area (Å²) in [5.74, 6) is 0.0953. The van der Waals surface area contributed by atoms with Crippen molar-refractivity contribution in [3.05, 3.63) is 54.2 Å². The number of nitrogens with zero attached hydrogens (tertiary/aromatic N) is 2. The first-order valence-corrected chi connectivity index (χ1v) is 18.2. The average molecular weight is 656 g/mol. The Bertz CT molecular complexity index is 1280. The van der Waals surface area contributed by atoms with E-state index in [1.165, 1.54) is 0 Å². The second kappa shape index (κ2) is 17.4. The molecule has 10 nitrogen and oxygen atoms in total. The zero-order chi connectivity index (χ0) is 32.2. The molecule has 244 valence electrons. The number of fused-ring (bicyclic) bond motifs is 1. The van der Waals surface area contributed by atoms with Gasteiger partial charge < -0.3 is 25.6 Å². The van der Waals surface area contributed by atoms with Crippen molar-refractivity contribution in [2.24, 2.45) is 5.92 Å². The number of rotatable bonds is 13. The third-order valence-electron chi connectivity index (χ3n) is 8.48. The summed E-state index contributed by atoms with van der Waals surface area (Å²) in [5, 5.41) is 9.82. The van der Waals surface area contributed by atoms with E-state index in [2.05, 4.69) is 20.9 Å². The number of methoxy groups -OCH3 is 1. The van der Waals surface area contributed by atoms with Crippen LogP contribution in [0.5, 0.6) is 5.75 Å². The van der Waals surface area contributed by atoms with Crippen LogP contribution in [0.25, 0.3) is 0 Å². The van der Waals surface area contributed by atoms with Gasteiger partial charge in [-0.2, -0.15) is 0 Å². The first-order valence-electron chi connectivity index (χ1n) is 15.9. The molecule has 1 aromatic heterocycles. The highest BCUT2D eigenvalue weighted by Crippen LogP contribution is 2.30. The maximum Gasteiger partial charge on any atom is 0.246 e. The standard InChI is InChI=1S/C33H45N5O5S2/c1-4-22(2)29-33(42)38-19-10-12-27(38)32(41)35-25(11-6-5-9-20-44-45-28-13-7-8-18-34-28)30(39)36-26(31(40)37-29)21-23-14-16-24(43-3)17-15-23/h7-8,13-18,22,25-27,29H,4-6,9-12,19-21H2,1-3H3,(H,35,41)(H,36,39)(H,37,40)/t22?,25-,26?,27?,29-/m0/s1. The first-order chi connectivity index (χ1) is 21.8. The molecule has 0 bridgehead atoms. The predicted molar refractivity (Wildman–Crippen MR) is 178 cm³/mol. The number of hydrogen-bond donors (Lipinski definition) is 3. The Kier molecular flexibility index (Phi) is 13.4. The Morgan fingerprint density at radius 1 is 0.956 bits per heavy atom. The molecule has 45 heavy (non-hydrogen) atoms. The van der Waals surface area contributed by atoms with E-state index in [0.717, 1.165) is 35.6 Å². The summed E-state index contributed by atoms with van der Waals surface area (Å²) in [7, 11) is 4.97. The van der Waals surface area contributed by atoms with Crippen molar-refractivity contribution in [1.82, 2.24) is 25.8 Å². The third-order valence-corrected chi connectivity index (χ3v) is 10.8.